The van der Waals surface area contributed by atoms with Gasteiger partial charge in [0.15, 0.2) is 12.1 Å². The minimum absolute atomic E-state index is 0.0807. The molecular formula is C20H22N2O3. The van der Waals surface area contributed by atoms with Gasteiger partial charge in [0.1, 0.15) is 0 Å². The number of aryl methyl sites for hydroxylation is 1. The van der Waals surface area contributed by atoms with Crippen LogP contribution in [0, 0.1) is 17.0 Å². The minimum Gasteiger partial charge on any atom is -0.264 e. The molecule has 2 fully saturated rings. The fraction of sp³-hybridized carbons (Fsp3) is 0.400. The Bertz CT molecular complexity index is 762. The third-order valence-corrected chi connectivity index (χ3v) is 5.54. The van der Waals surface area contributed by atoms with Crippen molar-refractivity contribution in [3.8, 4) is 0 Å². The standard InChI is InChI=1S/C20H22N2O3/c1-15-10-12-17(13-11-15)21-19(16-7-3-2-4-8-16)20(22(23)24)14-6-5-9-18(20)25-21/h2-4,7-8,10-13,18-19H,5-6,9,14H2,1H3/t18-,19-,20+/m0/s1. The van der Waals surface area contributed by atoms with Crippen molar-refractivity contribution >= 4 is 5.69 Å². The van der Waals surface area contributed by atoms with E-state index in [0.29, 0.717) is 6.42 Å². The van der Waals surface area contributed by atoms with Crippen LogP contribution in [0.2, 0.25) is 0 Å². The molecule has 0 amide bonds. The first-order chi connectivity index (χ1) is 12.1. The van der Waals surface area contributed by atoms with Crippen LogP contribution in [0.25, 0.3) is 0 Å². The maximum Gasteiger partial charge on any atom is 0.276 e. The molecule has 1 aliphatic carbocycles. The second-order valence-corrected chi connectivity index (χ2v) is 7.06. The molecule has 130 valence electrons. The molecule has 0 spiro atoms. The number of nitrogens with zero attached hydrogens (tertiary/aromatic N) is 2. The van der Waals surface area contributed by atoms with E-state index >= 15 is 0 Å². The monoisotopic (exact) mass is 338 g/mol. The first-order valence-corrected chi connectivity index (χ1v) is 8.85. The summed E-state index contributed by atoms with van der Waals surface area (Å²) < 4.78 is 0. The van der Waals surface area contributed by atoms with Crippen molar-refractivity contribution in [2.75, 3.05) is 5.06 Å². The van der Waals surface area contributed by atoms with Crippen LogP contribution >= 0.6 is 0 Å². The molecule has 0 unspecified atom stereocenters. The molecule has 1 saturated carbocycles. The molecule has 3 atom stereocenters. The lowest BCUT2D eigenvalue weighted by Gasteiger charge is -2.33. The topological polar surface area (TPSA) is 55.6 Å². The fourth-order valence-electron chi connectivity index (χ4n) is 4.28. The van der Waals surface area contributed by atoms with E-state index < -0.39 is 11.6 Å². The second-order valence-electron chi connectivity index (χ2n) is 7.06. The third kappa shape index (κ3) is 2.50. The van der Waals surface area contributed by atoms with Gasteiger partial charge in [0.25, 0.3) is 5.54 Å². The normalized spacial score (nSPS) is 28.6. The molecule has 1 heterocycles. The Morgan fingerprint density at radius 3 is 2.52 bits per heavy atom. The summed E-state index contributed by atoms with van der Waals surface area (Å²) in [4.78, 5) is 18.4. The Morgan fingerprint density at radius 1 is 1.12 bits per heavy atom. The summed E-state index contributed by atoms with van der Waals surface area (Å²) in [6.45, 7) is 2.03. The van der Waals surface area contributed by atoms with Crippen LogP contribution in [0.4, 0.5) is 5.69 Å². The van der Waals surface area contributed by atoms with Gasteiger partial charge in [-0.25, -0.2) is 5.06 Å². The maximum atomic E-state index is 12.3. The van der Waals surface area contributed by atoms with Crippen LogP contribution in [0.15, 0.2) is 54.6 Å². The van der Waals surface area contributed by atoms with Crippen molar-refractivity contribution in [3.05, 3.63) is 75.8 Å². The Kier molecular flexibility index (Phi) is 3.96. The highest BCUT2D eigenvalue weighted by Crippen LogP contribution is 2.52. The number of hydrogen-bond acceptors (Lipinski definition) is 4. The summed E-state index contributed by atoms with van der Waals surface area (Å²) in [6.07, 6.45) is 2.73. The number of rotatable bonds is 3. The highest BCUT2D eigenvalue weighted by molar-refractivity contribution is 5.50. The summed E-state index contributed by atoms with van der Waals surface area (Å²) in [5.74, 6) is 0. The van der Waals surface area contributed by atoms with Crippen LogP contribution in [0.1, 0.15) is 42.9 Å². The van der Waals surface area contributed by atoms with E-state index in [1.165, 1.54) is 0 Å². The molecule has 5 nitrogen and oxygen atoms in total. The van der Waals surface area contributed by atoms with Crippen molar-refractivity contribution in [2.45, 2.75) is 50.3 Å². The number of anilines is 1. The van der Waals surface area contributed by atoms with Crippen LogP contribution < -0.4 is 5.06 Å². The van der Waals surface area contributed by atoms with Gasteiger partial charge < -0.3 is 0 Å². The predicted molar refractivity (Wildman–Crippen MR) is 95.9 cm³/mol. The summed E-state index contributed by atoms with van der Waals surface area (Å²) in [6, 6.07) is 17.3. The summed E-state index contributed by atoms with van der Waals surface area (Å²) >= 11 is 0. The Labute approximate surface area is 147 Å². The zero-order valence-corrected chi connectivity index (χ0v) is 14.3. The Balaban J connectivity index is 1.86. The zero-order chi connectivity index (χ0) is 17.4. The predicted octanol–water partition coefficient (Wildman–Crippen LogP) is 4.45. The highest BCUT2D eigenvalue weighted by Gasteiger charge is 2.66. The van der Waals surface area contributed by atoms with Gasteiger partial charge in [-0.15, -0.1) is 0 Å². The van der Waals surface area contributed by atoms with Gasteiger partial charge in [0.05, 0.1) is 5.69 Å². The molecule has 1 saturated heterocycles. The van der Waals surface area contributed by atoms with E-state index in [9.17, 15) is 10.1 Å². The lowest BCUT2D eigenvalue weighted by Crippen LogP contribution is -2.52. The molecule has 0 aromatic heterocycles. The van der Waals surface area contributed by atoms with E-state index in [-0.39, 0.29) is 11.0 Å². The fourth-order valence-corrected chi connectivity index (χ4v) is 4.28. The van der Waals surface area contributed by atoms with Crippen LogP contribution in [-0.2, 0) is 4.84 Å². The number of hydroxylamine groups is 1. The molecule has 5 heteroatoms. The number of fused-ring (bicyclic) bond motifs is 1. The average Bonchev–Trinajstić information content (AvgIpc) is 2.99. The summed E-state index contributed by atoms with van der Waals surface area (Å²) in [5, 5.41) is 14.1. The van der Waals surface area contributed by atoms with Crippen molar-refractivity contribution in [2.24, 2.45) is 0 Å². The van der Waals surface area contributed by atoms with E-state index in [1.807, 2.05) is 61.5 Å². The van der Waals surface area contributed by atoms with Gasteiger partial charge in [0, 0.05) is 11.3 Å². The van der Waals surface area contributed by atoms with Gasteiger partial charge >= 0.3 is 0 Å². The lowest BCUT2D eigenvalue weighted by molar-refractivity contribution is -0.582. The third-order valence-electron chi connectivity index (χ3n) is 5.54. The smallest absolute Gasteiger partial charge is 0.264 e. The van der Waals surface area contributed by atoms with Crippen molar-refractivity contribution in [3.63, 3.8) is 0 Å². The molecular weight excluding hydrogens is 316 g/mol. The average molecular weight is 338 g/mol. The molecule has 4 rings (SSSR count). The largest absolute Gasteiger partial charge is 0.276 e. The van der Waals surface area contributed by atoms with E-state index in [1.54, 1.807) is 5.06 Å². The summed E-state index contributed by atoms with van der Waals surface area (Å²) in [5.41, 5.74) is 1.87. The molecule has 2 aromatic rings. The molecule has 25 heavy (non-hydrogen) atoms. The van der Waals surface area contributed by atoms with Gasteiger partial charge in [0.2, 0.25) is 0 Å². The lowest BCUT2D eigenvalue weighted by atomic mass is 9.73. The molecule has 2 aliphatic rings. The summed E-state index contributed by atoms with van der Waals surface area (Å²) in [7, 11) is 0. The van der Waals surface area contributed by atoms with Crippen LogP contribution in [-0.4, -0.2) is 16.6 Å². The maximum absolute atomic E-state index is 12.3. The Hall–Kier alpha value is -2.40. The molecule has 2 aromatic carbocycles. The first kappa shape index (κ1) is 16.1. The highest BCUT2D eigenvalue weighted by atomic mass is 16.7. The number of nitro groups is 1. The van der Waals surface area contributed by atoms with Gasteiger partial charge in [-0.05, 0) is 37.5 Å². The van der Waals surface area contributed by atoms with Gasteiger partial charge in [-0.2, -0.15) is 0 Å². The quantitative estimate of drug-likeness (QED) is 0.613. The number of benzene rings is 2. The first-order valence-electron chi connectivity index (χ1n) is 8.85. The van der Waals surface area contributed by atoms with E-state index in [4.69, 9.17) is 4.84 Å². The van der Waals surface area contributed by atoms with Crippen LogP contribution in [0.5, 0.6) is 0 Å². The van der Waals surface area contributed by atoms with Gasteiger partial charge in [-0.1, -0.05) is 54.4 Å². The van der Waals surface area contributed by atoms with Crippen molar-refractivity contribution in [1.82, 2.24) is 0 Å². The molecule has 0 N–H and O–H groups in total. The molecule has 0 radical (unpaired) electrons. The van der Waals surface area contributed by atoms with E-state index in [0.717, 1.165) is 36.1 Å². The molecule has 0 bridgehead atoms. The Morgan fingerprint density at radius 2 is 1.84 bits per heavy atom. The van der Waals surface area contributed by atoms with Gasteiger partial charge in [-0.3, -0.25) is 15.0 Å². The minimum atomic E-state index is -1.09. The SMILES string of the molecule is Cc1ccc(N2O[C@H]3CCCC[C@]3([N+](=O)[O-])[C@@H]2c2ccccc2)cc1. The zero-order valence-electron chi connectivity index (χ0n) is 14.3. The van der Waals surface area contributed by atoms with Crippen LogP contribution in [0.3, 0.4) is 0 Å². The molecule has 1 aliphatic heterocycles. The van der Waals surface area contributed by atoms with Crippen molar-refractivity contribution in [1.29, 1.82) is 0 Å². The van der Waals surface area contributed by atoms with E-state index in [2.05, 4.69) is 0 Å². The number of hydrogen-bond donors (Lipinski definition) is 0. The second kappa shape index (κ2) is 6.15. The van der Waals surface area contributed by atoms with Crippen molar-refractivity contribution < 1.29 is 9.76 Å².